The number of aliphatic hydroxyl groups excluding tert-OH is 2. The number of unbranched alkanes of at least 4 members (excludes halogenated alkanes) is 39. The molecule has 65 heavy (non-hydrogen) atoms. The number of hydrogen-bond donors (Lipinski definition) is 3. The van der Waals surface area contributed by atoms with Crippen LogP contribution in [0.2, 0.25) is 0 Å². The molecular formula is C59H113NO5. The molecule has 1 amide bonds. The van der Waals surface area contributed by atoms with Gasteiger partial charge in [-0.1, -0.05) is 269 Å². The van der Waals surface area contributed by atoms with Crippen LogP contribution in [0.15, 0.2) is 24.3 Å². The summed E-state index contributed by atoms with van der Waals surface area (Å²) >= 11 is 0. The number of ether oxygens (including phenoxy) is 1. The Kier molecular flexibility index (Phi) is 53.5. The van der Waals surface area contributed by atoms with Crippen molar-refractivity contribution in [3.8, 4) is 0 Å². The van der Waals surface area contributed by atoms with Crippen LogP contribution in [0.5, 0.6) is 0 Å². The minimum absolute atomic E-state index is 0.00549. The fourth-order valence-corrected chi connectivity index (χ4v) is 9.02. The molecule has 3 N–H and O–H groups in total. The van der Waals surface area contributed by atoms with Gasteiger partial charge in [-0.25, -0.2) is 0 Å². The third-order valence-electron chi connectivity index (χ3n) is 13.5. The Morgan fingerprint density at radius 2 is 0.769 bits per heavy atom. The van der Waals surface area contributed by atoms with Crippen LogP contribution in [0, 0.1) is 0 Å². The van der Waals surface area contributed by atoms with Gasteiger partial charge in [0.25, 0.3) is 0 Å². The molecule has 0 aromatic rings. The van der Waals surface area contributed by atoms with Gasteiger partial charge < -0.3 is 20.3 Å². The van der Waals surface area contributed by atoms with Crippen molar-refractivity contribution in [2.45, 2.75) is 328 Å². The van der Waals surface area contributed by atoms with Crippen LogP contribution in [0.3, 0.4) is 0 Å². The molecule has 0 aromatic heterocycles. The summed E-state index contributed by atoms with van der Waals surface area (Å²) in [6.45, 7) is 4.91. The standard InChI is InChI=1S/C59H113NO5/c1-3-5-7-9-11-13-14-15-16-23-27-30-33-37-41-45-49-53-59(64)65-54-50-46-42-38-34-31-28-25-22-20-18-17-19-21-24-26-29-32-36-40-44-48-52-58(63)60-56(55-61)57(62)51-47-43-39-35-12-10-8-6-4-2/h11,13,15-16,56-57,61-62H,3-10,12,14,17-55H2,1-2H3,(H,60,63)/b13-11-,16-15-. The Morgan fingerprint density at radius 1 is 0.431 bits per heavy atom. The lowest BCUT2D eigenvalue weighted by molar-refractivity contribution is -0.143. The number of carbonyl (C=O) groups excluding carboxylic acids is 2. The van der Waals surface area contributed by atoms with E-state index in [0.717, 1.165) is 51.4 Å². The molecule has 0 aliphatic carbocycles. The Balaban J connectivity index is 3.34. The predicted molar refractivity (Wildman–Crippen MR) is 283 cm³/mol. The number of amides is 1. The minimum atomic E-state index is -0.662. The van der Waals surface area contributed by atoms with Crippen molar-refractivity contribution in [3.05, 3.63) is 24.3 Å². The lowest BCUT2D eigenvalue weighted by Gasteiger charge is -2.22. The van der Waals surface area contributed by atoms with Crippen molar-refractivity contribution < 1.29 is 24.5 Å². The molecule has 384 valence electrons. The monoisotopic (exact) mass is 916 g/mol. The number of esters is 1. The molecule has 6 nitrogen and oxygen atoms in total. The SMILES string of the molecule is CCCCC/C=C\C/C=C\CCCCCCCCCC(=O)OCCCCCCCCCCCCCCCCCCCCCCCCC(=O)NC(CO)C(O)CCCCCCCCCCC. The second-order valence-electron chi connectivity index (χ2n) is 20.0. The fourth-order valence-electron chi connectivity index (χ4n) is 9.02. The first-order valence-electron chi connectivity index (χ1n) is 29.1. The number of aliphatic hydroxyl groups is 2. The molecular weight excluding hydrogens is 803 g/mol. The Bertz CT molecular complexity index is 1010. The molecule has 0 heterocycles. The van der Waals surface area contributed by atoms with E-state index < -0.39 is 12.1 Å². The summed E-state index contributed by atoms with van der Waals surface area (Å²) in [5.74, 6) is -0.0316. The van der Waals surface area contributed by atoms with Crippen molar-refractivity contribution in [2.75, 3.05) is 13.2 Å². The van der Waals surface area contributed by atoms with E-state index in [2.05, 4.69) is 43.5 Å². The van der Waals surface area contributed by atoms with Crippen molar-refractivity contribution in [2.24, 2.45) is 0 Å². The largest absolute Gasteiger partial charge is 0.466 e. The highest BCUT2D eigenvalue weighted by molar-refractivity contribution is 5.76. The zero-order valence-corrected chi connectivity index (χ0v) is 43.7. The summed E-state index contributed by atoms with van der Waals surface area (Å²) < 4.78 is 5.49. The molecule has 0 fully saturated rings. The van der Waals surface area contributed by atoms with E-state index >= 15 is 0 Å². The molecule has 0 aliphatic rings. The summed E-state index contributed by atoms with van der Waals surface area (Å²) in [5.41, 5.74) is 0. The maximum atomic E-state index is 12.4. The van der Waals surface area contributed by atoms with Gasteiger partial charge in [-0.3, -0.25) is 9.59 Å². The second kappa shape index (κ2) is 54.9. The minimum Gasteiger partial charge on any atom is -0.466 e. The normalized spacial score (nSPS) is 12.7. The molecule has 0 saturated heterocycles. The van der Waals surface area contributed by atoms with Crippen LogP contribution >= 0.6 is 0 Å². The third-order valence-corrected chi connectivity index (χ3v) is 13.5. The van der Waals surface area contributed by atoms with Crippen molar-refractivity contribution in [3.63, 3.8) is 0 Å². The van der Waals surface area contributed by atoms with E-state index in [1.807, 2.05) is 0 Å². The van der Waals surface area contributed by atoms with Crippen LogP contribution in [0.4, 0.5) is 0 Å². The first-order chi connectivity index (χ1) is 32.0. The van der Waals surface area contributed by atoms with Crippen molar-refractivity contribution >= 4 is 11.9 Å². The smallest absolute Gasteiger partial charge is 0.305 e. The van der Waals surface area contributed by atoms with Gasteiger partial charge in [0.1, 0.15) is 0 Å². The predicted octanol–water partition coefficient (Wildman–Crippen LogP) is 17.9. The average molecular weight is 917 g/mol. The summed E-state index contributed by atoms with van der Waals surface area (Å²) in [7, 11) is 0. The molecule has 0 aliphatic heterocycles. The van der Waals surface area contributed by atoms with Gasteiger partial charge in [0.05, 0.1) is 25.4 Å². The summed E-state index contributed by atoms with van der Waals surface area (Å²) in [5, 5.41) is 23.1. The van der Waals surface area contributed by atoms with Crippen LogP contribution in [0.1, 0.15) is 316 Å². The third kappa shape index (κ3) is 51.6. The number of nitrogens with one attached hydrogen (secondary N) is 1. The molecule has 0 bridgehead atoms. The van der Waals surface area contributed by atoms with Gasteiger partial charge in [0.15, 0.2) is 0 Å². The van der Waals surface area contributed by atoms with E-state index in [-0.39, 0.29) is 18.5 Å². The molecule has 0 aromatic carbocycles. The van der Waals surface area contributed by atoms with Crippen molar-refractivity contribution in [1.82, 2.24) is 5.32 Å². The average Bonchev–Trinajstić information content (AvgIpc) is 3.31. The summed E-state index contributed by atoms with van der Waals surface area (Å²) in [4.78, 5) is 24.5. The van der Waals surface area contributed by atoms with Crippen LogP contribution in [-0.4, -0.2) is 47.4 Å². The molecule has 0 radical (unpaired) electrons. The zero-order chi connectivity index (χ0) is 47.2. The maximum absolute atomic E-state index is 12.4. The van der Waals surface area contributed by atoms with Gasteiger partial charge in [-0.2, -0.15) is 0 Å². The van der Waals surface area contributed by atoms with Gasteiger partial charge in [0.2, 0.25) is 5.91 Å². The van der Waals surface area contributed by atoms with Gasteiger partial charge in [0, 0.05) is 12.8 Å². The van der Waals surface area contributed by atoms with Crippen LogP contribution in [0.25, 0.3) is 0 Å². The van der Waals surface area contributed by atoms with Gasteiger partial charge in [-0.05, 0) is 57.8 Å². The van der Waals surface area contributed by atoms with E-state index in [4.69, 9.17) is 4.74 Å². The summed E-state index contributed by atoms with van der Waals surface area (Å²) in [6.07, 6.45) is 66.1. The molecule has 2 atom stereocenters. The summed E-state index contributed by atoms with van der Waals surface area (Å²) in [6, 6.07) is -0.539. The van der Waals surface area contributed by atoms with E-state index in [9.17, 15) is 19.8 Å². The second-order valence-corrected chi connectivity index (χ2v) is 20.0. The van der Waals surface area contributed by atoms with Crippen molar-refractivity contribution in [1.29, 1.82) is 0 Å². The van der Waals surface area contributed by atoms with Gasteiger partial charge >= 0.3 is 5.97 Å². The molecule has 0 spiro atoms. The highest BCUT2D eigenvalue weighted by Crippen LogP contribution is 2.17. The lowest BCUT2D eigenvalue weighted by atomic mass is 10.0. The van der Waals surface area contributed by atoms with Crippen LogP contribution in [-0.2, 0) is 14.3 Å². The highest BCUT2D eigenvalue weighted by atomic mass is 16.5. The lowest BCUT2D eigenvalue weighted by Crippen LogP contribution is -2.45. The fraction of sp³-hybridized carbons (Fsp3) is 0.898. The first-order valence-corrected chi connectivity index (χ1v) is 29.1. The number of carbonyl (C=O) groups is 2. The Morgan fingerprint density at radius 3 is 1.20 bits per heavy atom. The molecule has 0 saturated carbocycles. The maximum Gasteiger partial charge on any atom is 0.305 e. The van der Waals surface area contributed by atoms with Crippen LogP contribution < -0.4 is 5.32 Å². The first kappa shape index (κ1) is 63.3. The van der Waals surface area contributed by atoms with E-state index in [1.165, 1.54) is 231 Å². The Labute approximate surface area is 405 Å². The quantitative estimate of drug-likeness (QED) is 0.0321. The van der Waals surface area contributed by atoms with E-state index in [1.54, 1.807) is 0 Å². The highest BCUT2D eigenvalue weighted by Gasteiger charge is 2.20. The number of rotatable bonds is 54. The van der Waals surface area contributed by atoms with E-state index in [0.29, 0.717) is 25.9 Å². The number of allylic oxidation sites excluding steroid dienone is 4. The molecule has 6 heteroatoms. The molecule has 0 rings (SSSR count). The topological polar surface area (TPSA) is 95.9 Å². The number of hydrogen-bond acceptors (Lipinski definition) is 5. The van der Waals surface area contributed by atoms with Gasteiger partial charge in [-0.15, -0.1) is 0 Å². The Hall–Kier alpha value is -1.66. The zero-order valence-electron chi connectivity index (χ0n) is 43.7. The molecule has 2 unspecified atom stereocenters.